The summed E-state index contributed by atoms with van der Waals surface area (Å²) in [6.07, 6.45) is 8.46. The molecule has 0 aliphatic heterocycles. The molecule has 0 spiro atoms. The molecule has 1 rings (SSSR count). The predicted octanol–water partition coefficient (Wildman–Crippen LogP) is 1.63. The molecule has 86 valence electrons. The Morgan fingerprint density at radius 1 is 1.53 bits per heavy atom. The van der Waals surface area contributed by atoms with E-state index in [1.54, 1.807) is 0 Å². The van der Waals surface area contributed by atoms with Crippen LogP contribution in [0.4, 0.5) is 0 Å². The van der Waals surface area contributed by atoms with Gasteiger partial charge in [-0.15, -0.1) is 0 Å². The Balaban J connectivity index is 2.32. The highest BCUT2D eigenvalue weighted by Crippen LogP contribution is 1.96. The molecule has 1 aromatic heterocycles. The Kier molecular flexibility index (Phi) is 6.52. The van der Waals surface area contributed by atoms with Crippen LogP contribution in [0.3, 0.4) is 0 Å². The maximum Gasteiger partial charge on any atom is 0.256 e. The number of nitrogens with one attached hydrogen (secondary N) is 1. The number of hydrogen-bond donors (Lipinski definition) is 1. The molecule has 0 saturated heterocycles. The second-order valence-electron chi connectivity index (χ2n) is 3.39. The average Bonchev–Trinajstić information content (AvgIpc) is 2.67. The molecule has 1 aromatic rings. The summed E-state index contributed by atoms with van der Waals surface area (Å²) < 4.78 is 7.64. The van der Waals surface area contributed by atoms with Gasteiger partial charge in [0.2, 0.25) is 0 Å². The zero-order valence-electron chi connectivity index (χ0n) is 9.66. The molecule has 0 fully saturated rings. The van der Waals surface area contributed by atoms with Gasteiger partial charge >= 0.3 is 0 Å². The minimum absolute atomic E-state index is 0.799. The van der Waals surface area contributed by atoms with Gasteiger partial charge in [0.15, 0.2) is 0 Å². The highest BCUT2D eigenvalue weighted by molar-refractivity contribution is 7.98. The number of imidazole rings is 1. The summed E-state index contributed by atoms with van der Waals surface area (Å²) in [5.74, 6) is 2.49. The van der Waals surface area contributed by atoms with Crippen molar-refractivity contribution < 1.29 is 9.30 Å². The Bertz CT molecular complexity index is 238. The Labute approximate surface area is 96.2 Å². The average molecular weight is 229 g/mol. The lowest BCUT2D eigenvalue weighted by atomic mass is 10.4. The SMILES string of the molecule is CCOCCc1[nH]cc[n+]1CCCSC. The first-order valence-corrected chi connectivity index (χ1v) is 6.90. The van der Waals surface area contributed by atoms with Crippen LogP contribution in [-0.2, 0) is 17.7 Å². The van der Waals surface area contributed by atoms with E-state index in [2.05, 4.69) is 22.0 Å². The van der Waals surface area contributed by atoms with Crippen LogP contribution in [0.2, 0.25) is 0 Å². The lowest BCUT2D eigenvalue weighted by molar-refractivity contribution is -0.702. The zero-order chi connectivity index (χ0) is 10.9. The van der Waals surface area contributed by atoms with Crippen LogP contribution in [0, 0.1) is 0 Å². The minimum atomic E-state index is 0.799. The van der Waals surface area contributed by atoms with Crippen molar-refractivity contribution >= 4 is 11.8 Å². The number of H-pyrrole nitrogens is 1. The van der Waals surface area contributed by atoms with Crippen LogP contribution in [-0.4, -0.2) is 30.2 Å². The molecule has 0 aliphatic rings. The number of rotatable bonds is 8. The van der Waals surface area contributed by atoms with Crippen molar-refractivity contribution in [1.82, 2.24) is 4.98 Å². The largest absolute Gasteiger partial charge is 0.381 e. The van der Waals surface area contributed by atoms with Gasteiger partial charge in [-0.3, -0.25) is 0 Å². The lowest BCUT2D eigenvalue weighted by Gasteiger charge is -2.01. The van der Waals surface area contributed by atoms with Gasteiger partial charge in [0.25, 0.3) is 5.82 Å². The van der Waals surface area contributed by atoms with Crippen molar-refractivity contribution in [2.45, 2.75) is 26.3 Å². The topological polar surface area (TPSA) is 28.9 Å². The summed E-state index contributed by atoms with van der Waals surface area (Å²) in [6, 6.07) is 0. The summed E-state index contributed by atoms with van der Waals surface area (Å²) in [5.41, 5.74) is 0. The highest BCUT2D eigenvalue weighted by Gasteiger charge is 2.09. The Morgan fingerprint density at radius 2 is 2.40 bits per heavy atom. The fraction of sp³-hybridized carbons (Fsp3) is 0.727. The summed E-state index contributed by atoms with van der Waals surface area (Å²) >= 11 is 1.90. The molecular weight excluding hydrogens is 208 g/mol. The standard InChI is InChI=1S/C11H20N2OS/c1-3-14-9-5-11-12-6-8-13(11)7-4-10-15-2/h6,8H,3-5,7,9-10H2,1-2H3/p+1. The van der Waals surface area contributed by atoms with Crippen molar-refractivity contribution in [2.75, 3.05) is 25.2 Å². The van der Waals surface area contributed by atoms with Crippen molar-refractivity contribution in [3.8, 4) is 0 Å². The van der Waals surface area contributed by atoms with Crippen LogP contribution in [0.25, 0.3) is 0 Å². The number of aryl methyl sites for hydroxylation is 1. The Morgan fingerprint density at radius 3 is 3.13 bits per heavy atom. The maximum absolute atomic E-state index is 5.35. The summed E-state index contributed by atoms with van der Waals surface area (Å²) in [6.45, 7) is 4.74. The Hall–Kier alpha value is -0.480. The second-order valence-corrected chi connectivity index (χ2v) is 4.38. The molecule has 0 aliphatic carbocycles. The lowest BCUT2D eigenvalue weighted by Crippen LogP contribution is -2.36. The van der Waals surface area contributed by atoms with E-state index in [9.17, 15) is 0 Å². The van der Waals surface area contributed by atoms with E-state index >= 15 is 0 Å². The first-order valence-electron chi connectivity index (χ1n) is 5.50. The first kappa shape index (κ1) is 12.6. The molecular formula is C11H21N2OS+. The number of thioether (sulfide) groups is 1. The molecule has 1 N–H and O–H groups in total. The van der Waals surface area contributed by atoms with Gasteiger partial charge in [-0.1, -0.05) is 0 Å². The van der Waals surface area contributed by atoms with Crippen LogP contribution < -0.4 is 4.57 Å². The molecule has 3 nitrogen and oxygen atoms in total. The van der Waals surface area contributed by atoms with E-state index in [0.29, 0.717) is 0 Å². The number of ether oxygens (including phenoxy) is 1. The van der Waals surface area contributed by atoms with Crippen molar-refractivity contribution in [3.05, 3.63) is 18.2 Å². The molecule has 0 unspecified atom stereocenters. The minimum Gasteiger partial charge on any atom is -0.381 e. The molecule has 0 bridgehead atoms. The summed E-state index contributed by atoms with van der Waals surface area (Å²) in [5, 5.41) is 0. The van der Waals surface area contributed by atoms with Crippen LogP contribution in [0.1, 0.15) is 19.2 Å². The van der Waals surface area contributed by atoms with Gasteiger partial charge in [-0.25, -0.2) is 9.55 Å². The number of hydrogen-bond acceptors (Lipinski definition) is 2. The van der Waals surface area contributed by atoms with Crippen molar-refractivity contribution in [1.29, 1.82) is 0 Å². The summed E-state index contributed by atoms with van der Waals surface area (Å²) in [4.78, 5) is 3.27. The van der Waals surface area contributed by atoms with E-state index in [1.165, 1.54) is 18.0 Å². The summed E-state index contributed by atoms with van der Waals surface area (Å²) in [7, 11) is 0. The number of nitrogens with zero attached hydrogens (tertiary/aromatic N) is 1. The van der Waals surface area contributed by atoms with Gasteiger partial charge in [0.05, 0.1) is 19.6 Å². The highest BCUT2D eigenvalue weighted by atomic mass is 32.2. The molecule has 0 aromatic carbocycles. The first-order chi connectivity index (χ1) is 7.38. The molecule has 4 heteroatoms. The van der Waals surface area contributed by atoms with Crippen LogP contribution in [0.15, 0.2) is 12.4 Å². The fourth-order valence-corrected chi connectivity index (χ4v) is 1.93. The van der Waals surface area contributed by atoms with Crippen LogP contribution >= 0.6 is 11.8 Å². The van der Waals surface area contributed by atoms with E-state index in [1.807, 2.05) is 24.9 Å². The maximum atomic E-state index is 5.35. The van der Waals surface area contributed by atoms with E-state index in [0.717, 1.165) is 26.2 Å². The number of aromatic amines is 1. The third kappa shape index (κ3) is 4.71. The molecule has 0 atom stereocenters. The number of aromatic nitrogens is 2. The fourth-order valence-electron chi connectivity index (χ4n) is 1.51. The molecule has 0 radical (unpaired) electrons. The third-order valence-corrected chi connectivity index (χ3v) is 2.98. The molecule has 15 heavy (non-hydrogen) atoms. The quantitative estimate of drug-likeness (QED) is 0.542. The van der Waals surface area contributed by atoms with E-state index in [4.69, 9.17) is 4.74 Å². The van der Waals surface area contributed by atoms with Crippen LogP contribution in [0.5, 0.6) is 0 Å². The monoisotopic (exact) mass is 229 g/mol. The second kappa shape index (κ2) is 7.77. The zero-order valence-corrected chi connectivity index (χ0v) is 10.5. The van der Waals surface area contributed by atoms with Gasteiger partial charge < -0.3 is 4.74 Å². The molecule has 0 saturated carbocycles. The van der Waals surface area contributed by atoms with Crippen molar-refractivity contribution in [2.24, 2.45) is 0 Å². The van der Waals surface area contributed by atoms with Gasteiger partial charge in [-0.05, 0) is 25.4 Å². The third-order valence-electron chi connectivity index (χ3n) is 2.29. The van der Waals surface area contributed by atoms with Gasteiger partial charge in [0, 0.05) is 6.61 Å². The van der Waals surface area contributed by atoms with E-state index in [-0.39, 0.29) is 0 Å². The molecule has 0 amide bonds. The van der Waals surface area contributed by atoms with Gasteiger partial charge in [0.1, 0.15) is 12.4 Å². The van der Waals surface area contributed by atoms with Gasteiger partial charge in [-0.2, -0.15) is 11.8 Å². The molecule has 1 heterocycles. The van der Waals surface area contributed by atoms with E-state index < -0.39 is 0 Å². The smallest absolute Gasteiger partial charge is 0.256 e. The van der Waals surface area contributed by atoms with Crippen molar-refractivity contribution in [3.63, 3.8) is 0 Å². The normalized spacial score (nSPS) is 10.8. The predicted molar refractivity (Wildman–Crippen MR) is 64.2 cm³/mol.